The van der Waals surface area contributed by atoms with Gasteiger partial charge in [-0.1, -0.05) is 36.4 Å². The Balaban J connectivity index is 1.75. The first-order valence-electron chi connectivity index (χ1n) is 11.1. The van der Waals surface area contributed by atoms with Crippen LogP contribution in [-0.2, 0) is 29.4 Å². The average molecular weight is 459 g/mol. The molecule has 0 aliphatic rings. The number of carbonyl (C=O) groups is 1. The number of hydrogen-bond donors (Lipinski definition) is 0. The molecule has 3 aromatic carbocycles. The predicted octanol–water partition coefficient (Wildman–Crippen LogP) is 5.48. The third-order valence-corrected chi connectivity index (χ3v) is 5.85. The molecule has 1 aromatic heterocycles. The number of carbonyl (C=O) groups excluding carboxylic acids is 1. The predicted molar refractivity (Wildman–Crippen MR) is 131 cm³/mol. The first-order chi connectivity index (χ1) is 16.5. The largest absolute Gasteiger partial charge is 0.486 e. The van der Waals surface area contributed by atoms with Crippen molar-refractivity contribution in [3.63, 3.8) is 0 Å². The smallest absolute Gasteiger partial charge is 0.311 e. The molecule has 0 fully saturated rings. The number of nitro benzene ring substituents is 1. The van der Waals surface area contributed by atoms with Crippen molar-refractivity contribution in [2.75, 3.05) is 13.7 Å². The molecule has 0 spiro atoms. The third kappa shape index (κ3) is 5.09. The van der Waals surface area contributed by atoms with Gasteiger partial charge in [0, 0.05) is 48.6 Å². The van der Waals surface area contributed by atoms with Gasteiger partial charge in [0.2, 0.25) is 5.75 Å². The van der Waals surface area contributed by atoms with Crippen LogP contribution in [0.25, 0.3) is 22.0 Å². The molecule has 0 bridgehead atoms. The van der Waals surface area contributed by atoms with E-state index in [4.69, 9.17) is 9.47 Å². The standard InChI is InChI=1S/C27H26N2O5/c1-28-14-12-22-18-21(9-10-24(22)28)23-16-20(8-11-26(30)33-2)17-25(29(31)32)27(23)34-15-13-19-6-4-3-5-7-19/h3-7,9-10,12,14,16-18H,8,11,13,15H2,1-2H3. The number of ether oxygens (including phenoxy) is 2. The summed E-state index contributed by atoms with van der Waals surface area (Å²) in [4.78, 5) is 23.3. The number of methoxy groups -OCH3 is 1. The summed E-state index contributed by atoms with van der Waals surface area (Å²) in [6, 6.07) is 21.1. The quantitative estimate of drug-likeness (QED) is 0.188. The minimum atomic E-state index is -0.427. The fourth-order valence-electron chi connectivity index (χ4n) is 4.03. The summed E-state index contributed by atoms with van der Waals surface area (Å²) in [6.07, 6.45) is 3.07. The second kappa shape index (κ2) is 10.2. The molecule has 0 saturated carbocycles. The molecule has 4 aromatic rings. The van der Waals surface area contributed by atoms with E-state index in [-0.39, 0.29) is 23.8 Å². The molecule has 0 amide bonds. The van der Waals surface area contributed by atoms with Gasteiger partial charge in [-0.3, -0.25) is 14.9 Å². The van der Waals surface area contributed by atoms with Crippen molar-refractivity contribution in [1.29, 1.82) is 0 Å². The van der Waals surface area contributed by atoms with Crippen molar-refractivity contribution in [3.05, 3.63) is 94.2 Å². The van der Waals surface area contributed by atoms with E-state index >= 15 is 0 Å². The number of nitro groups is 1. The maximum atomic E-state index is 12.0. The van der Waals surface area contributed by atoms with Gasteiger partial charge in [0.05, 0.1) is 18.6 Å². The summed E-state index contributed by atoms with van der Waals surface area (Å²) in [6.45, 7) is 0.299. The highest BCUT2D eigenvalue weighted by molar-refractivity contribution is 5.88. The Morgan fingerprint density at radius 2 is 1.79 bits per heavy atom. The van der Waals surface area contributed by atoms with Crippen molar-refractivity contribution in [2.24, 2.45) is 7.05 Å². The van der Waals surface area contributed by atoms with Crippen LogP contribution in [0.5, 0.6) is 5.75 Å². The summed E-state index contributed by atoms with van der Waals surface area (Å²) >= 11 is 0. The van der Waals surface area contributed by atoms with E-state index in [1.54, 1.807) is 0 Å². The maximum Gasteiger partial charge on any atom is 0.311 e. The van der Waals surface area contributed by atoms with E-state index in [0.29, 0.717) is 30.6 Å². The number of fused-ring (bicyclic) bond motifs is 1. The Morgan fingerprint density at radius 3 is 2.53 bits per heavy atom. The van der Waals surface area contributed by atoms with E-state index in [9.17, 15) is 14.9 Å². The van der Waals surface area contributed by atoms with Gasteiger partial charge in [-0.25, -0.2) is 0 Å². The molecule has 7 nitrogen and oxygen atoms in total. The second-order valence-corrected chi connectivity index (χ2v) is 8.11. The Labute approximate surface area is 197 Å². The summed E-state index contributed by atoms with van der Waals surface area (Å²) < 4.78 is 12.8. The number of aromatic nitrogens is 1. The van der Waals surface area contributed by atoms with Gasteiger partial charge in [0.15, 0.2) is 0 Å². The molecule has 0 aliphatic carbocycles. The zero-order chi connectivity index (χ0) is 24.1. The van der Waals surface area contributed by atoms with Gasteiger partial charge >= 0.3 is 11.7 Å². The zero-order valence-electron chi connectivity index (χ0n) is 19.2. The van der Waals surface area contributed by atoms with Crippen molar-refractivity contribution in [3.8, 4) is 16.9 Å². The van der Waals surface area contributed by atoms with Gasteiger partial charge in [0.1, 0.15) is 0 Å². The SMILES string of the molecule is COC(=O)CCc1cc(-c2ccc3c(ccn3C)c2)c(OCCc2ccccc2)c([N+](=O)[O-])c1. The number of nitrogens with zero attached hydrogens (tertiary/aromatic N) is 2. The van der Waals surface area contributed by atoms with Crippen molar-refractivity contribution in [1.82, 2.24) is 4.57 Å². The lowest BCUT2D eigenvalue weighted by Crippen LogP contribution is -2.07. The highest BCUT2D eigenvalue weighted by Gasteiger charge is 2.23. The summed E-state index contributed by atoms with van der Waals surface area (Å²) in [7, 11) is 3.30. The summed E-state index contributed by atoms with van der Waals surface area (Å²) in [5.74, 6) is -0.129. The van der Waals surface area contributed by atoms with Crippen LogP contribution in [0.15, 0.2) is 72.9 Å². The van der Waals surface area contributed by atoms with Crippen LogP contribution in [0.2, 0.25) is 0 Å². The lowest BCUT2D eigenvalue weighted by molar-refractivity contribution is -0.385. The summed E-state index contributed by atoms with van der Waals surface area (Å²) in [5.41, 5.74) is 4.16. The second-order valence-electron chi connectivity index (χ2n) is 8.11. The third-order valence-electron chi connectivity index (χ3n) is 5.85. The van der Waals surface area contributed by atoms with Crippen LogP contribution in [0.4, 0.5) is 5.69 Å². The van der Waals surface area contributed by atoms with Gasteiger partial charge < -0.3 is 14.0 Å². The van der Waals surface area contributed by atoms with Gasteiger partial charge in [0.25, 0.3) is 0 Å². The Morgan fingerprint density at radius 1 is 1.00 bits per heavy atom. The normalized spacial score (nSPS) is 10.9. The number of esters is 1. The molecule has 0 saturated heterocycles. The van der Waals surface area contributed by atoms with Gasteiger partial charge in [-0.15, -0.1) is 0 Å². The molecule has 0 N–H and O–H groups in total. The van der Waals surface area contributed by atoms with Crippen molar-refractivity contribution >= 4 is 22.6 Å². The number of rotatable bonds is 9. The molecule has 0 unspecified atom stereocenters. The number of hydrogen-bond acceptors (Lipinski definition) is 5. The molecule has 1 heterocycles. The molecule has 7 heteroatoms. The highest BCUT2D eigenvalue weighted by Crippen LogP contribution is 2.40. The van der Waals surface area contributed by atoms with E-state index in [1.807, 2.05) is 78.5 Å². The number of aryl methyl sites for hydroxylation is 2. The lowest BCUT2D eigenvalue weighted by atomic mass is 9.97. The molecule has 0 atom stereocenters. The molecule has 34 heavy (non-hydrogen) atoms. The van der Waals surface area contributed by atoms with Crippen molar-refractivity contribution < 1.29 is 19.2 Å². The fourth-order valence-corrected chi connectivity index (χ4v) is 4.03. The van der Waals surface area contributed by atoms with Gasteiger partial charge in [-0.2, -0.15) is 0 Å². The van der Waals surface area contributed by atoms with Crippen LogP contribution >= 0.6 is 0 Å². The van der Waals surface area contributed by atoms with E-state index in [2.05, 4.69) is 0 Å². The lowest BCUT2D eigenvalue weighted by Gasteiger charge is -2.15. The first-order valence-corrected chi connectivity index (χ1v) is 11.1. The van der Waals surface area contributed by atoms with Crippen LogP contribution < -0.4 is 4.74 Å². The summed E-state index contributed by atoms with van der Waals surface area (Å²) in [5, 5.41) is 13.1. The van der Waals surface area contributed by atoms with Crippen LogP contribution in [0.3, 0.4) is 0 Å². The van der Waals surface area contributed by atoms with E-state index in [0.717, 1.165) is 22.0 Å². The van der Waals surface area contributed by atoms with E-state index in [1.165, 1.54) is 13.2 Å². The average Bonchev–Trinajstić information content (AvgIpc) is 3.23. The maximum absolute atomic E-state index is 12.0. The zero-order valence-corrected chi connectivity index (χ0v) is 19.2. The Bertz CT molecular complexity index is 1330. The minimum Gasteiger partial charge on any atom is -0.486 e. The van der Waals surface area contributed by atoms with E-state index < -0.39 is 4.92 Å². The van der Waals surface area contributed by atoms with Crippen molar-refractivity contribution in [2.45, 2.75) is 19.3 Å². The molecule has 0 radical (unpaired) electrons. The Kier molecular flexibility index (Phi) is 6.92. The van der Waals surface area contributed by atoms with Crippen LogP contribution in [-0.4, -0.2) is 29.2 Å². The Hall–Kier alpha value is -4.13. The number of benzene rings is 3. The van der Waals surface area contributed by atoms with Crippen LogP contribution in [0.1, 0.15) is 17.5 Å². The molecular weight excluding hydrogens is 432 g/mol. The van der Waals surface area contributed by atoms with Crippen LogP contribution in [0, 0.1) is 10.1 Å². The fraction of sp³-hybridized carbons (Fsp3) is 0.222. The highest BCUT2D eigenvalue weighted by atomic mass is 16.6. The monoisotopic (exact) mass is 458 g/mol. The topological polar surface area (TPSA) is 83.6 Å². The van der Waals surface area contributed by atoms with Gasteiger partial charge in [-0.05, 0) is 47.4 Å². The molecule has 0 aliphatic heterocycles. The minimum absolute atomic E-state index is 0.112. The molecule has 4 rings (SSSR count). The molecular formula is C27H26N2O5. The first kappa shape index (κ1) is 23.0. The molecule has 174 valence electrons.